The Morgan fingerprint density at radius 1 is 1.37 bits per heavy atom. The lowest BCUT2D eigenvalue weighted by Crippen LogP contribution is -2.33. The highest BCUT2D eigenvalue weighted by Crippen LogP contribution is 2.24. The predicted octanol–water partition coefficient (Wildman–Crippen LogP) is 1.51. The maximum Gasteiger partial charge on any atom is 0.252 e. The number of nitrogens with zero attached hydrogens (tertiary/aromatic N) is 1. The molecule has 7 heteroatoms. The van der Waals surface area contributed by atoms with Crippen molar-refractivity contribution in [3.05, 3.63) is 17.0 Å². The first-order valence-corrected chi connectivity index (χ1v) is 8.60. The standard InChI is InChI=1S/C12H22N2O3S2/c1-4-13-10-11-6-7-12(18-11)19(15,16)14(5-2)8-9-17-3/h6-7,13H,4-5,8-10H2,1-3H3. The van der Waals surface area contributed by atoms with Gasteiger partial charge in [-0.2, -0.15) is 4.31 Å². The Hall–Kier alpha value is -0.470. The van der Waals surface area contributed by atoms with Crippen molar-refractivity contribution >= 4 is 21.4 Å². The number of ether oxygens (including phenoxy) is 1. The molecule has 0 fully saturated rings. The van der Waals surface area contributed by atoms with Crippen molar-refractivity contribution in [3.8, 4) is 0 Å². The number of hydrogen-bond acceptors (Lipinski definition) is 5. The zero-order valence-electron chi connectivity index (χ0n) is 11.7. The molecule has 110 valence electrons. The van der Waals surface area contributed by atoms with E-state index in [4.69, 9.17) is 4.74 Å². The molecule has 1 aromatic rings. The Bertz CT molecular complexity index is 471. The van der Waals surface area contributed by atoms with Gasteiger partial charge in [0, 0.05) is 31.6 Å². The van der Waals surface area contributed by atoms with Gasteiger partial charge < -0.3 is 10.1 Å². The quantitative estimate of drug-likeness (QED) is 0.751. The molecular weight excluding hydrogens is 284 g/mol. The summed E-state index contributed by atoms with van der Waals surface area (Å²) in [6, 6.07) is 3.55. The fraction of sp³-hybridized carbons (Fsp3) is 0.667. The van der Waals surface area contributed by atoms with E-state index in [-0.39, 0.29) is 0 Å². The van der Waals surface area contributed by atoms with Gasteiger partial charge in [0.1, 0.15) is 4.21 Å². The lowest BCUT2D eigenvalue weighted by molar-refractivity contribution is 0.180. The van der Waals surface area contributed by atoms with Gasteiger partial charge in [0.2, 0.25) is 0 Å². The average molecular weight is 306 g/mol. The highest BCUT2D eigenvalue weighted by Gasteiger charge is 2.24. The molecule has 0 amide bonds. The maximum absolute atomic E-state index is 12.4. The summed E-state index contributed by atoms with van der Waals surface area (Å²) >= 11 is 1.32. The molecule has 5 nitrogen and oxygen atoms in total. The van der Waals surface area contributed by atoms with E-state index in [0.29, 0.717) is 30.5 Å². The van der Waals surface area contributed by atoms with Gasteiger partial charge in [-0.25, -0.2) is 8.42 Å². The van der Waals surface area contributed by atoms with Gasteiger partial charge in [-0.15, -0.1) is 11.3 Å². The molecule has 0 saturated heterocycles. The second-order valence-corrected chi connectivity index (χ2v) is 7.32. The Labute approximate surface area is 119 Å². The number of likely N-dealkylation sites (N-methyl/N-ethyl adjacent to an activating group) is 1. The normalized spacial score (nSPS) is 12.2. The molecule has 0 aliphatic heterocycles. The van der Waals surface area contributed by atoms with Crippen LogP contribution in [-0.4, -0.2) is 46.1 Å². The number of thiophene rings is 1. The van der Waals surface area contributed by atoms with Gasteiger partial charge in [-0.05, 0) is 18.7 Å². The average Bonchev–Trinajstić information content (AvgIpc) is 2.86. The topological polar surface area (TPSA) is 58.6 Å². The van der Waals surface area contributed by atoms with Crippen LogP contribution in [0.1, 0.15) is 18.7 Å². The SMILES string of the molecule is CCNCc1ccc(S(=O)(=O)N(CC)CCOC)s1. The highest BCUT2D eigenvalue weighted by molar-refractivity contribution is 7.91. The van der Waals surface area contributed by atoms with E-state index in [1.54, 1.807) is 13.2 Å². The molecule has 0 saturated carbocycles. The van der Waals surface area contributed by atoms with Crippen LogP contribution in [0, 0.1) is 0 Å². The largest absolute Gasteiger partial charge is 0.383 e. The molecule has 1 rings (SSSR count). The summed E-state index contributed by atoms with van der Waals surface area (Å²) in [6.07, 6.45) is 0. The summed E-state index contributed by atoms with van der Waals surface area (Å²) in [6.45, 7) is 6.68. The molecule has 19 heavy (non-hydrogen) atoms. The van der Waals surface area contributed by atoms with Crippen LogP contribution in [-0.2, 0) is 21.3 Å². The Kier molecular flexibility index (Phi) is 6.95. The van der Waals surface area contributed by atoms with E-state index in [9.17, 15) is 8.42 Å². The number of sulfonamides is 1. The Morgan fingerprint density at radius 2 is 2.11 bits per heavy atom. The van der Waals surface area contributed by atoms with E-state index in [1.807, 2.05) is 19.9 Å². The molecule has 1 N–H and O–H groups in total. The summed E-state index contributed by atoms with van der Waals surface area (Å²) in [4.78, 5) is 1.03. The van der Waals surface area contributed by atoms with Crippen molar-refractivity contribution in [1.29, 1.82) is 0 Å². The molecule has 0 aromatic carbocycles. The van der Waals surface area contributed by atoms with Crippen LogP contribution < -0.4 is 5.32 Å². The minimum atomic E-state index is -3.38. The van der Waals surface area contributed by atoms with Crippen LogP contribution in [0.25, 0.3) is 0 Å². The van der Waals surface area contributed by atoms with Gasteiger partial charge in [0.05, 0.1) is 6.61 Å². The molecule has 1 aromatic heterocycles. The van der Waals surface area contributed by atoms with E-state index in [1.165, 1.54) is 15.6 Å². The number of hydrogen-bond donors (Lipinski definition) is 1. The van der Waals surface area contributed by atoms with E-state index < -0.39 is 10.0 Å². The fourth-order valence-corrected chi connectivity index (χ4v) is 4.52. The smallest absolute Gasteiger partial charge is 0.252 e. The van der Waals surface area contributed by atoms with Gasteiger partial charge in [0.15, 0.2) is 0 Å². The first-order chi connectivity index (χ1) is 9.06. The first-order valence-electron chi connectivity index (χ1n) is 6.34. The van der Waals surface area contributed by atoms with Crippen molar-refractivity contribution in [2.24, 2.45) is 0 Å². The van der Waals surface area contributed by atoms with Crippen LogP contribution in [0.4, 0.5) is 0 Å². The van der Waals surface area contributed by atoms with E-state index >= 15 is 0 Å². The van der Waals surface area contributed by atoms with Gasteiger partial charge in [-0.3, -0.25) is 0 Å². The third-order valence-electron chi connectivity index (χ3n) is 2.68. The molecule has 0 aliphatic carbocycles. The molecule has 0 atom stereocenters. The van der Waals surface area contributed by atoms with Crippen LogP contribution in [0.5, 0.6) is 0 Å². The number of nitrogens with one attached hydrogen (secondary N) is 1. The Balaban J connectivity index is 2.82. The molecule has 0 unspecified atom stereocenters. The van der Waals surface area contributed by atoms with Crippen LogP contribution in [0.2, 0.25) is 0 Å². The lowest BCUT2D eigenvalue weighted by atomic mass is 10.4. The lowest BCUT2D eigenvalue weighted by Gasteiger charge is -2.18. The van der Waals surface area contributed by atoms with Crippen molar-refractivity contribution in [2.45, 2.75) is 24.6 Å². The summed E-state index contributed by atoms with van der Waals surface area (Å²) in [5.41, 5.74) is 0. The minimum Gasteiger partial charge on any atom is -0.383 e. The van der Waals surface area contributed by atoms with E-state index in [2.05, 4.69) is 5.32 Å². The molecule has 0 bridgehead atoms. The van der Waals surface area contributed by atoms with Gasteiger partial charge in [0.25, 0.3) is 10.0 Å². The van der Waals surface area contributed by atoms with Crippen LogP contribution >= 0.6 is 11.3 Å². The summed E-state index contributed by atoms with van der Waals surface area (Å²) < 4.78 is 31.6. The van der Waals surface area contributed by atoms with Gasteiger partial charge in [-0.1, -0.05) is 13.8 Å². The number of methoxy groups -OCH3 is 1. The second-order valence-electron chi connectivity index (χ2n) is 3.99. The molecule has 1 heterocycles. The van der Waals surface area contributed by atoms with E-state index in [0.717, 1.165) is 11.4 Å². The van der Waals surface area contributed by atoms with Crippen molar-refractivity contribution < 1.29 is 13.2 Å². The minimum absolute atomic E-state index is 0.385. The van der Waals surface area contributed by atoms with Crippen molar-refractivity contribution in [3.63, 3.8) is 0 Å². The van der Waals surface area contributed by atoms with Crippen LogP contribution in [0.3, 0.4) is 0 Å². The third-order valence-corrected chi connectivity index (χ3v) is 6.20. The monoisotopic (exact) mass is 306 g/mol. The first kappa shape index (κ1) is 16.6. The fourth-order valence-electron chi connectivity index (χ4n) is 1.61. The van der Waals surface area contributed by atoms with Crippen LogP contribution in [0.15, 0.2) is 16.3 Å². The Morgan fingerprint density at radius 3 is 2.68 bits per heavy atom. The summed E-state index contributed by atoms with van der Waals surface area (Å²) in [5, 5.41) is 3.19. The molecule has 0 aliphatic rings. The van der Waals surface area contributed by atoms with Gasteiger partial charge >= 0.3 is 0 Å². The second kappa shape index (κ2) is 7.96. The molecule has 0 spiro atoms. The summed E-state index contributed by atoms with van der Waals surface area (Å²) in [7, 11) is -1.81. The zero-order valence-corrected chi connectivity index (χ0v) is 13.3. The molecular formula is C12H22N2O3S2. The molecule has 0 radical (unpaired) electrons. The summed E-state index contributed by atoms with van der Waals surface area (Å²) in [5.74, 6) is 0. The van der Waals surface area contributed by atoms with Crippen molar-refractivity contribution in [1.82, 2.24) is 9.62 Å². The zero-order chi connectivity index (χ0) is 14.3. The highest BCUT2D eigenvalue weighted by atomic mass is 32.2. The predicted molar refractivity (Wildman–Crippen MR) is 78.0 cm³/mol. The maximum atomic E-state index is 12.4. The third kappa shape index (κ3) is 4.54. The van der Waals surface area contributed by atoms with Crippen molar-refractivity contribution in [2.75, 3.05) is 33.4 Å². The number of rotatable bonds is 9.